The molecule has 0 spiro atoms. The summed E-state index contributed by atoms with van der Waals surface area (Å²) in [6, 6.07) is 10.2. The van der Waals surface area contributed by atoms with Gasteiger partial charge >= 0.3 is 0 Å². The average molecular weight is 470 g/mol. The molecular formula is C20H21ClFN3O5S. The molecule has 0 bridgehead atoms. The fourth-order valence-corrected chi connectivity index (χ4v) is 3.88. The van der Waals surface area contributed by atoms with Gasteiger partial charge in [-0.05, 0) is 42.0 Å². The molecule has 2 amide bonds. The van der Waals surface area contributed by atoms with E-state index < -0.39 is 33.1 Å². The Morgan fingerprint density at radius 3 is 2.71 bits per heavy atom. The van der Waals surface area contributed by atoms with Crippen molar-refractivity contribution in [1.82, 2.24) is 5.32 Å². The smallest absolute Gasteiger partial charge is 0.268 e. The highest BCUT2D eigenvalue weighted by atomic mass is 35.5. The van der Waals surface area contributed by atoms with Crippen LogP contribution in [0, 0.1) is 5.82 Å². The molecule has 1 atom stereocenters. The highest BCUT2D eigenvalue weighted by Gasteiger charge is 2.51. The third kappa shape index (κ3) is 5.52. The Bertz CT molecular complexity index is 1110. The first kappa shape index (κ1) is 23.0. The topological polar surface area (TPSA) is 116 Å². The van der Waals surface area contributed by atoms with Gasteiger partial charge in [-0.3, -0.25) is 9.59 Å². The van der Waals surface area contributed by atoms with Crippen molar-refractivity contribution in [2.75, 3.05) is 28.9 Å². The van der Waals surface area contributed by atoms with E-state index in [0.29, 0.717) is 16.9 Å². The number of nitrogens with zero attached hydrogens (tertiary/aromatic N) is 1. The lowest BCUT2D eigenvalue weighted by molar-refractivity contribution is -0.149. The van der Waals surface area contributed by atoms with Crippen molar-refractivity contribution in [1.29, 1.82) is 0 Å². The predicted molar refractivity (Wildman–Crippen MR) is 115 cm³/mol. The Kier molecular flexibility index (Phi) is 6.54. The van der Waals surface area contributed by atoms with Crippen LogP contribution in [0.3, 0.4) is 0 Å². The average Bonchev–Trinajstić information content (AvgIpc) is 2.99. The van der Waals surface area contributed by atoms with Crippen LogP contribution in [-0.4, -0.2) is 49.6 Å². The van der Waals surface area contributed by atoms with Crippen LogP contribution in [-0.2, 0) is 26.0 Å². The summed E-state index contributed by atoms with van der Waals surface area (Å²) in [6.45, 7) is -0.0269. The standard InChI is InChI=1S/C20H21ClFN3O5S/c1-31(29,30)12-24-16-3-2-4-17(10-16)25-6-5-20(28,19(25)27)18(26)23-11-13-7-14(21)9-15(22)8-13/h2-4,7-10,24,28H,5-6,11-12H2,1H3,(H,23,26)/t20-/m1/s1. The Hall–Kier alpha value is -2.69. The number of benzene rings is 2. The van der Waals surface area contributed by atoms with Crippen LogP contribution in [0.4, 0.5) is 15.8 Å². The summed E-state index contributed by atoms with van der Waals surface area (Å²) in [4.78, 5) is 26.7. The minimum absolute atomic E-state index is 0.0874. The largest absolute Gasteiger partial charge is 0.372 e. The van der Waals surface area contributed by atoms with Gasteiger partial charge in [0.15, 0.2) is 9.84 Å². The zero-order valence-electron chi connectivity index (χ0n) is 16.6. The Labute approximate surface area is 183 Å². The van der Waals surface area contributed by atoms with Gasteiger partial charge in [-0.15, -0.1) is 0 Å². The van der Waals surface area contributed by atoms with Crippen molar-refractivity contribution >= 4 is 44.6 Å². The molecule has 166 valence electrons. The molecule has 31 heavy (non-hydrogen) atoms. The van der Waals surface area contributed by atoms with Crippen LogP contribution in [0.25, 0.3) is 0 Å². The van der Waals surface area contributed by atoms with Gasteiger partial charge in [-0.1, -0.05) is 17.7 Å². The Morgan fingerprint density at radius 2 is 2.03 bits per heavy atom. The fourth-order valence-electron chi connectivity index (χ4n) is 3.20. The number of amides is 2. The molecule has 1 fully saturated rings. The van der Waals surface area contributed by atoms with Crippen LogP contribution in [0.15, 0.2) is 42.5 Å². The minimum atomic E-state index is -3.25. The van der Waals surface area contributed by atoms with Crippen LogP contribution in [0.5, 0.6) is 0 Å². The molecule has 11 heteroatoms. The summed E-state index contributed by atoms with van der Waals surface area (Å²) in [5.41, 5.74) is -1.01. The number of aliphatic hydroxyl groups is 1. The van der Waals surface area contributed by atoms with Gasteiger partial charge in [0.25, 0.3) is 11.8 Å². The Morgan fingerprint density at radius 1 is 1.29 bits per heavy atom. The van der Waals surface area contributed by atoms with Crippen molar-refractivity contribution in [3.05, 3.63) is 58.9 Å². The van der Waals surface area contributed by atoms with E-state index in [-0.39, 0.29) is 30.4 Å². The van der Waals surface area contributed by atoms with Crippen molar-refractivity contribution in [3.8, 4) is 0 Å². The molecule has 1 aliphatic rings. The molecule has 0 radical (unpaired) electrons. The lowest BCUT2D eigenvalue weighted by Crippen LogP contribution is -2.52. The van der Waals surface area contributed by atoms with Gasteiger partial charge in [-0.2, -0.15) is 0 Å². The first-order chi connectivity index (χ1) is 14.5. The number of sulfone groups is 1. The number of carbonyl (C=O) groups excluding carboxylic acids is 2. The van der Waals surface area contributed by atoms with E-state index in [4.69, 9.17) is 11.6 Å². The van der Waals surface area contributed by atoms with E-state index in [9.17, 15) is 27.5 Å². The maximum Gasteiger partial charge on any atom is 0.268 e. The number of anilines is 2. The molecule has 0 unspecified atom stereocenters. The van der Waals surface area contributed by atoms with Gasteiger partial charge in [0.1, 0.15) is 11.7 Å². The number of nitrogens with one attached hydrogen (secondary N) is 2. The molecule has 8 nitrogen and oxygen atoms in total. The van der Waals surface area contributed by atoms with Gasteiger partial charge < -0.3 is 20.6 Å². The number of halogens is 2. The second kappa shape index (κ2) is 8.81. The fraction of sp³-hybridized carbons (Fsp3) is 0.300. The normalized spacial score (nSPS) is 18.8. The maximum atomic E-state index is 13.4. The number of hydrogen-bond acceptors (Lipinski definition) is 6. The predicted octanol–water partition coefficient (Wildman–Crippen LogP) is 1.68. The molecule has 1 heterocycles. The second-order valence-electron chi connectivity index (χ2n) is 7.32. The van der Waals surface area contributed by atoms with E-state index in [2.05, 4.69) is 10.6 Å². The Balaban J connectivity index is 1.69. The molecule has 3 N–H and O–H groups in total. The second-order valence-corrected chi connectivity index (χ2v) is 9.90. The number of hydrogen-bond donors (Lipinski definition) is 3. The van der Waals surface area contributed by atoms with Crippen molar-refractivity contribution in [2.24, 2.45) is 0 Å². The van der Waals surface area contributed by atoms with Gasteiger partial charge in [0.2, 0.25) is 5.60 Å². The number of carbonyl (C=O) groups is 2. The minimum Gasteiger partial charge on any atom is -0.372 e. The van der Waals surface area contributed by atoms with Crippen LogP contribution >= 0.6 is 11.6 Å². The molecule has 2 aromatic carbocycles. The molecule has 0 aliphatic carbocycles. The van der Waals surface area contributed by atoms with Crippen LogP contribution in [0.2, 0.25) is 5.02 Å². The maximum absolute atomic E-state index is 13.4. The monoisotopic (exact) mass is 469 g/mol. The third-order valence-corrected chi connectivity index (χ3v) is 5.63. The van der Waals surface area contributed by atoms with E-state index in [1.807, 2.05) is 0 Å². The molecule has 1 saturated heterocycles. The summed E-state index contributed by atoms with van der Waals surface area (Å²) in [7, 11) is -3.25. The summed E-state index contributed by atoms with van der Waals surface area (Å²) in [6.07, 6.45) is 0.951. The van der Waals surface area contributed by atoms with Gasteiger partial charge in [0, 0.05) is 42.2 Å². The van der Waals surface area contributed by atoms with Crippen LogP contribution in [0.1, 0.15) is 12.0 Å². The highest BCUT2D eigenvalue weighted by Crippen LogP contribution is 2.30. The first-order valence-corrected chi connectivity index (χ1v) is 11.7. The van der Waals surface area contributed by atoms with Gasteiger partial charge in [-0.25, -0.2) is 12.8 Å². The van der Waals surface area contributed by atoms with Crippen molar-refractivity contribution in [3.63, 3.8) is 0 Å². The zero-order valence-corrected chi connectivity index (χ0v) is 18.1. The van der Waals surface area contributed by atoms with Crippen molar-refractivity contribution in [2.45, 2.75) is 18.6 Å². The van der Waals surface area contributed by atoms with Crippen molar-refractivity contribution < 1.29 is 27.5 Å². The molecule has 3 rings (SSSR count). The van der Waals surface area contributed by atoms with E-state index in [1.165, 1.54) is 17.0 Å². The molecular weight excluding hydrogens is 449 g/mol. The lowest BCUT2D eigenvalue weighted by atomic mass is 10.0. The number of rotatable bonds is 7. The summed E-state index contributed by atoms with van der Waals surface area (Å²) < 4.78 is 36.1. The first-order valence-electron chi connectivity index (χ1n) is 9.27. The van der Waals surface area contributed by atoms with Gasteiger partial charge in [0.05, 0.1) is 0 Å². The summed E-state index contributed by atoms with van der Waals surface area (Å²) >= 11 is 5.79. The zero-order chi connectivity index (χ0) is 22.8. The van der Waals surface area contributed by atoms with Crippen LogP contribution < -0.4 is 15.5 Å². The molecule has 0 saturated carbocycles. The summed E-state index contributed by atoms with van der Waals surface area (Å²) in [5.74, 6) is -2.54. The molecule has 2 aromatic rings. The van der Waals surface area contributed by atoms with E-state index in [1.54, 1.807) is 24.3 Å². The molecule has 0 aromatic heterocycles. The quantitative estimate of drug-likeness (QED) is 0.531. The highest BCUT2D eigenvalue weighted by molar-refractivity contribution is 7.90. The SMILES string of the molecule is CS(=O)(=O)CNc1cccc(N2CC[C@@](O)(C(=O)NCc3cc(F)cc(Cl)c3)C2=O)c1. The molecule has 1 aliphatic heterocycles. The van der Waals surface area contributed by atoms with E-state index in [0.717, 1.165) is 12.3 Å². The summed E-state index contributed by atoms with van der Waals surface area (Å²) in [5, 5.41) is 16.1. The van der Waals surface area contributed by atoms with E-state index >= 15 is 0 Å². The lowest BCUT2D eigenvalue weighted by Gasteiger charge is -2.22. The third-order valence-electron chi connectivity index (χ3n) is 4.74.